The third-order valence-corrected chi connectivity index (χ3v) is 2.41. The quantitative estimate of drug-likeness (QED) is 0.583. The molecule has 1 aliphatic rings. The zero-order valence-electron chi connectivity index (χ0n) is 7.14. The van der Waals surface area contributed by atoms with Gasteiger partial charge in [-0.15, -0.1) is 0 Å². The van der Waals surface area contributed by atoms with Crippen LogP contribution in [0.5, 0.6) is 0 Å². The van der Waals surface area contributed by atoms with E-state index in [0.29, 0.717) is 0 Å². The normalized spacial score (nSPS) is 23.0. The van der Waals surface area contributed by atoms with Gasteiger partial charge in [0.25, 0.3) is 0 Å². The highest BCUT2D eigenvalue weighted by atomic mass is 16.5. The summed E-state index contributed by atoms with van der Waals surface area (Å²) < 4.78 is 5.45. The van der Waals surface area contributed by atoms with Gasteiger partial charge in [0, 0.05) is 0 Å². The Balaban J connectivity index is 2.30. The monoisotopic (exact) mass is 156 g/mol. The van der Waals surface area contributed by atoms with Crippen LogP contribution in [0.2, 0.25) is 0 Å². The van der Waals surface area contributed by atoms with Crippen LogP contribution < -0.4 is 0 Å². The highest BCUT2D eigenvalue weighted by Crippen LogP contribution is 2.30. The maximum Gasteiger partial charge on any atom is 0.145 e. The molecule has 11 heavy (non-hydrogen) atoms. The number of carbonyl (C=O) groups is 1. The van der Waals surface area contributed by atoms with Gasteiger partial charge in [0.2, 0.25) is 0 Å². The molecule has 2 heteroatoms. The summed E-state index contributed by atoms with van der Waals surface area (Å²) in [5.41, 5.74) is -0.000833. The van der Waals surface area contributed by atoms with Crippen molar-refractivity contribution in [1.29, 1.82) is 0 Å². The highest BCUT2D eigenvalue weighted by Gasteiger charge is 2.26. The standard InChI is InChI=1S/C9H16O2/c1-9(11-8-7-10)5-3-2-4-6-9/h7H,2-6,8H2,1H3. The zero-order valence-corrected chi connectivity index (χ0v) is 7.14. The first-order chi connectivity index (χ1) is 5.27. The molecule has 1 saturated carbocycles. The molecule has 0 aromatic heterocycles. The van der Waals surface area contributed by atoms with E-state index in [9.17, 15) is 4.79 Å². The van der Waals surface area contributed by atoms with Crippen molar-refractivity contribution in [3.63, 3.8) is 0 Å². The van der Waals surface area contributed by atoms with E-state index in [2.05, 4.69) is 6.92 Å². The summed E-state index contributed by atoms with van der Waals surface area (Å²) in [6, 6.07) is 0. The predicted octanol–water partition coefficient (Wildman–Crippen LogP) is 1.92. The molecule has 0 heterocycles. The fourth-order valence-electron chi connectivity index (χ4n) is 1.68. The Hall–Kier alpha value is -0.370. The Labute approximate surface area is 67.9 Å². The second kappa shape index (κ2) is 3.86. The van der Waals surface area contributed by atoms with Crippen molar-refractivity contribution in [1.82, 2.24) is 0 Å². The van der Waals surface area contributed by atoms with Gasteiger partial charge in [0.1, 0.15) is 12.9 Å². The molecule has 64 valence electrons. The van der Waals surface area contributed by atoms with E-state index in [1.165, 1.54) is 19.3 Å². The molecule has 1 rings (SSSR count). The van der Waals surface area contributed by atoms with Gasteiger partial charge in [-0.05, 0) is 19.8 Å². The number of rotatable bonds is 3. The SMILES string of the molecule is CC1(OCC=O)CCCCC1. The van der Waals surface area contributed by atoms with Crippen molar-refractivity contribution in [2.75, 3.05) is 6.61 Å². The summed E-state index contributed by atoms with van der Waals surface area (Å²) in [7, 11) is 0. The minimum atomic E-state index is -0.000833. The van der Waals surface area contributed by atoms with E-state index in [-0.39, 0.29) is 12.2 Å². The van der Waals surface area contributed by atoms with E-state index in [1.54, 1.807) is 0 Å². The Bertz CT molecular complexity index is 126. The topological polar surface area (TPSA) is 26.3 Å². The van der Waals surface area contributed by atoms with Crippen molar-refractivity contribution in [3.8, 4) is 0 Å². The van der Waals surface area contributed by atoms with Gasteiger partial charge in [-0.2, -0.15) is 0 Å². The van der Waals surface area contributed by atoms with Gasteiger partial charge in [0.05, 0.1) is 5.60 Å². The summed E-state index contributed by atoms with van der Waals surface area (Å²) >= 11 is 0. The van der Waals surface area contributed by atoms with Crippen LogP contribution >= 0.6 is 0 Å². The largest absolute Gasteiger partial charge is 0.368 e. The number of ether oxygens (including phenoxy) is 1. The van der Waals surface area contributed by atoms with E-state index < -0.39 is 0 Å². The van der Waals surface area contributed by atoms with E-state index >= 15 is 0 Å². The van der Waals surface area contributed by atoms with Gasteiger partial charge < -0.3 is 9.53 Å². The molecule has 2 nitrogen and oxygen atoms in total. The average molecular weight is 156 g/mol. The van der Waals surface area contributed by atoms with Crippen molar-refractivity contribution in [2.24, 2.45) is 0 Å². The van der Waals surface area contributed by atoms with Crippen LogP contribution in [0.4, 0.5) is 0 Å². The van der Waals surface area contributed by atoms with Crippen LogP contribution in [0.25, 0.3) is 0 Å². The minimum Gasteiger partial charge on any atom is -0.368 e. The Morgan fingerprint density at radius 2 is 2.00 bits per heavy atom. The van der Waals surface area contributed by atoms with Crippen LogP contribution in [0.1, 0.15) is 39.0 Å². The second-order valence-corrected chi connectivity index (χ2v) is 3.49. The van der Waals surface area contributed by atoms with E-state index in [1.807, 2.05) is 0 Å². The lowest BCUT2D eigenvalue weighted by molar-refractivity contribution is -0.120. The maximum absolute atomic E-state index is 10.1. The lowest BCUT2D eigenvalue weighted by atomic mass is 9.86. The molecule has 1 aliphatic carbocycles. The first kappa shape index (κ1) is 8.72. The van der Waals surface area contributed by atoms with Crippen molar-refractivity contribution in [2.45, 2.75) is 44.6 Å². The number of hydrogen-bond acceptors (Lipinski definition) is 2. The van der Waals surface area contributed by atoms with Gasteiger partial charge in [-0.1, -0.05) is 19.3 Å². The van der Waals surface area contributed by atoms with Crippen LogP contribution in [-0.2, 0) is 9.53 Å². The van der Waals surface area contributed by atoms with Crippen molar-refractivity contribution in [3.05, 3.63) is 0 Å². The molecule has 0 saturated heterocycles. The summed E-state index contributed by atoms with van der Waals surface area (Å²) in [5, 5.41) is 0. The summed E-state index contributed by atoms with van der Waals surface area (Å²) in [6.45, 7) is 2.37. The van der Waals surface area contributed by atoms with Gasteiger partial charge in [-0.3, -0.25) is 0 Å². The molecule has 0 spiro atoms. The molecule has 0 radical (unpaired) electrons. The molecular weight excluding hydrogens is 140 g/mol. The summed E-state index contributed by atoms with van der Waals surface area (Å²) in [5.74, 6) is 0. The maximum atomic E-state index is 10.1. The number of carbonyl (C=O) groups excluding carboxylic acids is 1. The fourth-order valence-corrected chi connectivity index (χ4v) is 1.68. The number of aldehydes is 1. The fraction of sp³-hybridized carbons (Fsp3) is 0.889. The molecule has 0 aromatic rings. The smallest absolute Gasteiger partial charge is 0.145 e. The van der Waals surface area contributed by atoms with Gasteiger partial charge in [-0.25, -0.2) is 0 Å². The molecule has 0 unspecified atom stereocenters. The minimum absolute atomic E-state index is 0.000833. The Kier molecular flexibility index (Phi) is 3.06. The molecular formula is C9H16O2. The third-order valence-electron chi connectivity index (χ3n) is 2.41. The first-order valence-corrected chi connectivity index (χ1v) is 4.34. The van der Waals surface area contributed by atoms with Gasteiger partial charge in [0.15, 0.2) is 0 Å². The lowest BCUT2D eigenvalue weighted by Gasteiger charge is -2.32. The molecule has 0 aliphatic heterocycles. The first-order valence-electron chi connectivity index (χ1n) is 4.34. The van der Waals surface area contributed by atoms with Crippen LogP contribution in [0.15, 0.2) is 0 Å². The zero-order chi connectivity index (χ0) is 8.16. The second-order valence-electron chi connectivity index (χ2n) is 3.49. The predicted molar refractivity (Wildman–Crippen MR) is 43.5 cm³/mol. The molecule has 0 bridgehead atoms. The van der Waals surface area contributed by atoms with Gasteiger partial charge >= 0.3 is 0 Å². The summed E-state index contributed by atoms with van der Waals surface area (Å²) in [4.78, 5) is 10.1. The van der Waals surface area contributed by atoms with Crippen LogP contribution in [-0.4, -0.2) is 18.5 Å². The highest BCUT2D eigenvalue weighted by molar-refractivity contribution is 5.50. The van der Waals surface area contributed by atoms with Crippen LogP contribution in [0, 0.1) is 0 Å². The van der Waals surface area contributed by atoms with E-state index in [0.717, 1.165) is 19.1 Å². The molecule has 0 amide bonds. The molecule has 1 fully saturated rings. The van der Waals surface area contributed by atoms with Crippen molar-refractivity contribution < 1.29 is 9.53 Å². The molecule has 0 aromatic carbocycles. The van der Waals surface area contributed by atoms with Crippen molar-refractivity contribution >= 4 is 6.29 Å². The van der Waals surface area contributed by atoms with Crippen LogP contribution in [0.3, 0.4) is 0 Å². The third kappa shape index (κ3) is 2.62. The lowest BCUT2D eigenvalue weighted by Crippen LogP contribution is -2.31. The Morgan fingerprint density at radius 1 is 1.36 bits per heavy atom. The molecule has 0 N–H and O–H groups in total. The average Bonchev–Trinajstić information content (AvgIpc) is 2.03. The number of hydrogen-bond donors (Lipinski definition) is 0. The summed E-state index contributed by atoms with van der Waals surface area (Å²) in [6.07, 6.45) is 6.87. The van der Waals surface area contributed by atoms with E-state index in [4.69, 9.17) is 4.74 Å². The Morgan fingerprint density at radius 3 is 2.55 bits per heavy atom. The molecule has 0 atom stereocenters.